The van der Waals surface area contributed by atoms with Crippen LogP contribution in [0.3, 0.4) is 0 Å². The van der Waals surface area contributed by atoms with Gasteiger partial charge >= 0.3 is 6.18 Å². The molecule has 39 heavy (non-hydrogen) atoms. The summed E-state index contributed by atoms with van der Waals surface area (Å²) in [5, 5.41) is 5.66. The maximum Gasteiger partial charge on any atom is 0.417 e. The van der Waals surface area contributed by atoms with Crippen LogP contribution in [0.4, 0.5) is 19.0 Å². The zero-order chi connectivity index (χ0) is 28.6. The zero-order valence-corrected chi connectivity index (χ0v) is 22.3. The van der Waals surface area contributed by atoms with E-state index in [0.717, 1.165) is 6.07 Å². The molecule has 2 amide bonds. The number of sulfonamides is 1. The van der Waals surface area contributed by atoms with Crippen LogP contribution in [0.15, 0.2) is 65.7 Å². The van der Waals surface area contributed by atoms with Crippen LogP contribution in [0.1, 0.15) is 34.3 Å². The summed E-state index contributed by atoms with van der Waals surface area (Å²) < 4.78 is 63.2. The molecule has 0 aliphatic carbocycles. The fourth-order valence-corrected chi connectivity index (χ4v) is 4.42. The Morgan fingerprint density at radius 3 is 2.38 bits per heavy atom. The number of carbonyl (C=O) groups excluding carboxylic acids is 2. The summed E-state index contributed by atoms with van der Waals surface area (Å²) in [6, 6.07) is 12.8. The molecule has 208 valence electrons. The molecule has 1 aromatic heterocycles. The van der Waals surface area contributed by atoms with E-state index in [1.165, 1.54) is 18.2 Å². The maximum absolute atomic E-state index is 12.7. The standard InChI is InChI=1S/C24H22Cl2F3N5O4S/c25-18-8-6-16(7-9-18)23(36)32-13-15-3-1-4-19(11-15)39(37,38)34-33-21(35)5-2-10-30-22-20(26)12-17(14-31-22)24(27,28)29/h1,3-4,6-9,11-12,14,34H,2,5,10,13H2,(H,30,31)(H,32,36)(H,33,35). The van der Waals surface area contributed by atoms with E-state index in [-0.39, 0.29) is 47.6 Å². The lowest BCUT2D eigenvalue weighted by Gasteiger charge is -2.12. The van der Waals surface area contributed by atoms with Gasteiger partial charge in [-0.25, -0.2) is 13.4 Å². The number of nitrogens with zero attached hydrogens (tertiary/aromatic N) is 1. The van der Waals surface area contributed by atoms with Gasteiger partial charge in [0.25, 0.3) is 15.9 Å². The van der Waals surface area contributed by atoms with Crippen LogP contribution >= 0.6 is 23.2 Å². The highest BCUT2D eigenvalue weighted by molar-refractivity contribution is 7.89. The normalized spacial score (nSPS) is 11.6. The lowest BCUT2D eigenvalue weighted by atomic mass is 10.2. The molecule has 0 saturated carbocycles. The molecule has 0 saturated heterocycles. The van der Waals surface area contributed by atoms with Crippen molar-refractivity contribution >= 4 is 50.9 Å². The lowest BCUT2D eigenvalue weighted by molar-refractivity contribution is -0.137. The Bertz CT molecular complexity index is 1440. The van der Waals surface area contributed by atoms with Crippen LogP contribution in [0.25, 0.3) is 0 Å². The van der Waals surface area contributed by atoms with E-state index in [2.05, 4.69) is 21.0 Å². The highest BCUT2D eigenvalue weighted by Gasteiger charge is 2.31. The number of alkyl halides is 3. The Morgan fingerprint density at radius 2 is 1.72 bits per heavy atom. The lowest BCUT2D eigenvalue weighted by Crippen LogP contribution is -2.41. The molecule has 0 aliphatic heterocycles. The number of rotatable bonds is 11. The van der Waals surface area contributed by atoms with Gasteiger partial charge in [0.15, 0.2) is 0 Å². The molecule has 4 N–H and O–H groups in total. The van der Waals surface area contributed by atoms with Crippen molar-refractivity contribution in [3.8, 4) is 0 Å². The number of amides is 2. The van der Waals surface area contributed by atoms with Gasteiger partial charge in [-0.05, 0) is 54.4 Å². The largest absolute Gasteiger partial charge is 0.417 e. The number of aromatic nitrogens is 1. The average molecular weight is 604 g/mol. The fraction of sp³-hybridized carbons (Fsp3) is 0.208. The average Bonchev–Trinajstić information content (AvgIpc) is 2.89. The van der Waals surface area contributed by atoms with Crippen molar-refractivity contribution in [1.29, 1.82) is 0 Å². The number of anilines is 1. The van der Waals surface area contributed by atoms with Gasteiger partial charge in [0.2, 0.25) is 5.91 Å². The first-order chi connectivity index (χ1) is 18.3. The number of hydrogen-bond acceptors (Lipinski definition) is 6. The number of carbonyl (C=O) groups is 2. The quantitative estimate of drug-likeness (QED) is 0.188. The Morgan fingerprint density at radius 1 is 1.00 bits per heavy atom. The molecule has 1 heterocycles. The summed E-state index contributed by atoms with van der Waals surface area (Å²) in [6.45, 7) is 0.198. The predicted octanol–water partition coefficient (Wildman–Crippen LogP) is 4.54. The summed E-state index contributed by atoms with van der Waals surface area (Å²) in [5.74, 6) is -0.982. The van der Waals surface area contributed by atoms with Gasteiger partial charge in [-0.1, -0.05) is 35.3 Å². The molecule has 0 radical (unpaired) electrons. The SMILES string of the molecule is O=C(CCCNc1ncc(C(F)(F)F)cc1Cl)NNS(=O)(=O)c1cccc(CNC(=O)c2ccc(Cl)cc2)c1. The van der Waals surface area contributed by atoms with E-state index in [1.54, 1.807) is 30.3 Å². The molecule has 0 atom stereocenters. The van der Waals surface area contributed by atoms with Gasteiger partial charge in [-0.15, -0.1) is 4.83 Å². The molecule has 15 heteroatoms. The van der Waals surface area contributed by atoms with Gasteiger partial charge in [0, 0.05) is 36.3 Å². The summed E-state index contributed by atoms with van der Waals surface area (Å²) in [7, 11) is -4.11. The Balaban J connectivity index is 1.45. The zero-order valence-electron chi connectivity index (χ0n) is 20.0. The Labute approximate surface area is 232 Å². The number of benzene rings is 2. The van der Waals surface area contributed by atoms with Gasteiger partial charge in [-0.2, -0.15) is 13.2 Å². The Kier molecular flexibility index (Phi) is 10.1. The van der Waals surface area contributed by atoms with Crippen LogP contribution in [0.5, 0.6) is 0 Å². The molecule has 9 nitrogen and oxygen atoms in total. The minimum absolute atomic E-state index is 0.0232. The van der Waals surface area contributed by atoms with Crippen LogP contribution in [0, 0.1) is 0 Å². The second kappa shape index (κ2) is 13.1. The summed E-state index contributed by atoms with van der Waals surface area (Å²) >= 11 is 11.6. The monoisotopic (exact) mass is 603 g/mol. The third-order valence-corrected chi connectivity index (χ3v) is 6.92. The van der Waals surface area contributed by atoms with Crippen LogP contribution in [0.2, 0.25) is 10.0 Å². The predicted molar refractivity (Wildman–Crippen MR) is 140 cm³/mol. The highest BCUT2D eigenvalue weighted by Crippen LogP contribution is 2.32. The third kappa shape index (κ3) is 9.10. The van der Waals surface area contributed by atoms with Crippen LogP contribution in [-0.2, 0) is 27.5 Å². The second-order valence-electron chi connectivity index (χ2n) is 8.07. The maximum atomic E-state index is 12.7. The van der Waals surface area contributed by atoms with Gasteiger partial charge in [-0.3, -0.25) is 15.0 Å². The molecule has 0 fully saturated rings. The molecule has 0 aliphatic rings. The summed E-state index contributed by atoms with van der Waals surface area (Å²) in [5.41, 5.74) is 2.01. The van der Waals surface area contributed by atoms with E-state index in [1.807, 2.05) is 4.83 Å². The molecule has 0 spiro atoms. The topological polar surface area (TPSA) is 129 Å². The van der Waals surface area contributed by atoms with Crippen molar-refractivity contribution in [3.63, 3.8) is 0 Å². The molecule has 3 rings (SSSR count). The first-order valence-corrected chi connectivity index (χ1v) is 13.5. The molecule has 2 aromatic carbocycles. The van der Waals surface area contributed by atoms with Crippen LogP contribution in [-0.4, -0.2) is 31.8 Å². The van der Waals surface area contributed by atoms with Gasteiger partial charge < -0.3 is 10.6 Å². The highest BCUT2D eigenvalue weighted by atomic mass is 35.5. The van der Waals surface area contributed by atoms with Crippen molar-refractivity contribution in [2.45, 2.75) is 30.5 Å². The molecular formula is C24H22Cl2F3N5O4S. The second-order valence-corrected chi connectivity index (χ2v) is 10.6. The fourth-order valence-electron chi connectivity index (χ4n) is 3.13. The first kappa shape index (κ1) is 30.2. The van der Waals surface area contributed by atoms with Crippen molar-refractivity contribution < 1.29 is 31.2 Å². The molecule has 0 unspecified atom stereocenters. The van der Waals surface area contributed by atoms with Gasteiger partial charge in [0.1, 0.15) is 5.82 Å². The van der Waals surface area contributed by atoms with Gasteiger partial charge in [0.05, 0.1) is 15.5 Å². The number of hydrazine groups is 1. The number of halogens is 5. The van der Waals surface area contributed by atoms with E-state index >= 15 is 0 Å². The van der Waals surface area contributed by atoms with Crippen LogP contribution < -0.4 is 20.9 Å². The molecule has 0 bridgehead atoms. The molecular weight excluding hydrogens is 582 g/mol. The van der Waals surface area contributed by atoms with Crippen molar-refractivity contribution in [3.05, 3.63) is 87.5 Å². The number of hydrogen-bond donors (Lipinski definition) is 4. The van der Waals surface area contributed by atoms with Crippen molar-refractivity contribution in [2.24, 2.45) is 0 Å². The smallest absolute Gasteiger partial charge is 0.369 e. The van der Waals surface area contributed by atoms with E-state index in [9.17, 15) is 31.2 Å². The minimum Gasteiger partial charge on any atom is -0.369 e. The number of nitrogens with one attached hydrogen (secondary N) is 4. The van der Waals surface area contributed by atoms with Crippen molar-refractivity contribution in [1.82, 2.24) is 20.6 Å². The Hall–Kier alpha value is -3.39. The third-order valence-electron chi connectivity index (χ3n) is 5.13. The first-order valence-electron chi connectivity index (χ1n) is 11.2. The van der Waals surface area contributed by atoms with E-state index < -0.39 is 27.7 Å². The summed E-state index contributed by atoms with van der Waals surface area (Å²) in [6.07, 6.45) is -3.84. The van der Waals surface area contributed by atoms with Crippen molar-refractivity contribution in [2.75, 3.05) is 11.9 Å². The number of pyridine rings is 1. The summed E-state index contributed by atoms with van der Waals surface area (Å²) in [4.78, 5) is 29.8. The van der Waals surface area contributed by atoms with E-state index in [0.29, 0.717) is 22.3 Å². The minimum atomic E-state index is -4.57. The molecule has 3 aromatic rings. The van der Waals surface area contributed by atoms with E-state index in [4.69, 9.17) is 23.2 Å².